The number of fused-ring (bicyclic) bond motifs is 3. The molecule has 0 saturated carbocycles. The second-order valence-electron chi connectivity index (χ2n) is 24.9. The number of piperidine rings is 1. The van der Waals surface area contributed by atoms with Gasteiger partial charge >= 0.3 is 12.1 Å². The molecule has 0 aromatic heterocycles. The molecule has 8 rings (SSSR count). The molecule has 23 nitrogen and oxygen atoms in total. The number of cyclic esters (lactones) is 1. The van der Waals surface area contributed by atoms with E-state index in [0.717, 1.165) is 16.7 Å². The molecule has 5 aromatic carbocycles. The quantitative estimate of drug-likeness (QED) is 0.0904. The van der Waals surface area contributed by atoms with Crippen molar-refractivity contribution in [3.63, 3.8) is 0 Å². The van der Waals surface area contributed by atoms with Crippen molar-refractivity contribution < 1.29 is 76.4 Å². The number of nitrogens with zero attached hydrogens (tertiary/aromatic N) is 4. The summed E-state index contributed by atoms with van der Waals surface area (Å²) in [5.41, 5.74) is 1.98. The first-order chi connectivity index (χ1) is 46.2. The minimum atomic E-state index is -1.50. The molecular formula is C73H87N7O16. The molecule has 0 spiro atoms. The van der Waals surface area contributed by atoms with E-state index in [2.05, 4.69) is 16.0 Å². The van der Waals surface area contributed by atoms with Gasteiger partial charge in [-0.05, 0) is 129 Å². The standard InChI is InChI=1S/C73H87N7O16/c1-73(2)48-95-66(84)25-14-15-34-77(3)70(88)59(42-50-20-11-8-12-21-50)75-64(82)46-78(4)69(87)54(40-49-18-9-7-10-19-49)45-61(81)58(41-51-26-30-55(31-27-51)96-72(90)79-36-38-93-39-37-79)74-65(83)47-94-56-23-17-22-53(44-56)57(32-28-52-29-33-62(91-5)63(43-52)92-6)76-68(86)60-24-13-16-35-80(60)71(89)67(73)85/h7-12,14,17-23,25-27,29-31,33,43-44,54,57-60H,13,15-16,24,28,32,34-42,45-48H2,1-6H3,(H,74,83)(H,75,82)(H,76,86)/t54-,57+,58-,59+,60-/m0/s1. The fourth-order valence-corrected chi connectivity index (χ4v) is 11.7. The van der Waals surface area contributed by atoms with E-state index >= 15 is 4.79 Å². The molecule has 0 aliphatic carbocycles. The summed E-state index contributed by atoms with van der Waals surface area (Å²) in [7, 11) is 6.05. The zero-order chi connectivity index (χ0) is 68.7. The number of carbonyl (C=O) groups excluding carboxylic acids is 10. The normalized spacial score (nSPS) is 21.3. The average molecular weight is 1320 g/mol. The van der Waals surface area contributed by atoms with Gasteiger partial charge in [0.25, 0.3) is 11.8 Å². The lowest BCUT2D eigenvalue weighted by Gasteiger charge is -2.36. The fraction of sp³-hybridized carbons (Fsp3) is 0.425. The number of likely N-dealkylation sites (N-methyl/N-ethyl adjacent to an activating group) is 2. The predicted octanol–water partition coefficient (Wildman–Crippen LogP) is 6.37. The largest absolute Gasteiger partial charge is 0.493 e. The molecule has 2 fully saturated rings. The van der Waals surface area contributed by atoms with Crippen LogP contribution < -0.4 is 34.9 Å². The van der Waals surface area contributed by atoms with Crippen molar-refractivity contribution in [2.75, 3.05) is 87.5 Å². The van der Waals surface area contributed by atoms with Gasteiger partial charge < -0.3 is 64.0 Å². The van der Waals surface area contributed by atoms with Crippen molar-refractivity contribution in [3.05, 3.63) is 167 Å². The van der Waals surface area contributed by atoms with Gasteiger partial charge in [0, 0.05) is 65.1 Å². The first-order valence-electron chi connectivity index (χ1n) is 32.4. The third kappa shape index (κ3) is 20.8. The molecule has 3 aliphatic rings. The minimum Gasteiger partial charge on any atom is -0.493 e. The van der Waals surface area contributed by atoms with Crippen molar-refractivity contribution in [1.29, 1.82) is 0 Å². The van der Waals surface area contributed by atoms with Crippen molar-refractivity contribution in [1.82, 2.24) is 35.6 Å². The van der Waals surface area contributed by atoms with E-state index in [1.54, 1.807) is 85.9 Å². The molecule has 0 radical (unpaired) electrons. The van der Waals surface area contributed by atoms with Crippen LogP contribution in [0, 0.1) is 11.3 Å². The van der Waals surface area contributed by atoms with E-state index in [9.17, 15) is 43.2 Å². The number of ether oxygens (including phenoxy) is 6. The Bertz CT molecular complexity index is 3560. The third-order valence-electron chi connectivity index (χ3n) is 17.2. The van der Waals surface area contributed by atoms with E-state index in [1.807, 2.05) is 48.5 Å². The van der Waals surface area contributed by atoms with Crippen LogP contribution in [-0.2, 0) is 78.3 Å². The first-order valence-corrected chi connectivity index (χ1v) is 32.4. The molecule has 3 aliphatic heterocycles. The summed E-state index contributed by atoms with van der Waals surface area (Å²) in [5.74, 6) is -5.45. The monoisotopic (exact) mass is 1320 g/mol. The molecule has 5 atom stereocenters. The summed E-state index contributed by atoms with van der Waals surface area (Å²) in [5, 5.41) is 8.87. The van der Waals surface area contributed by atoms with E-state index in [-0.39, 0.29) is 63.1 Å². The van der Waals surface area contributed by atoms with E-state index in [0.29, 0.717) is 74.6 Å². The number of benzene rings is 5. The van der Waals surface area contributed by atoms with Crippen molar-refractivity contribution in [2.45, 2.75) is 102 Å². The van der Waals surface area contributed by atoms with Crippen molar-refractivity contribution in [2.24, 2.45) is 11.3 Å². The molecular weight excluding hydrogens is 1230 g/mol. The zero-order valence-corrected chi connectivity index (χ0v) is 55.4. The van der Waals surface area contributed by atoms with Gasteiger partial charge in [-0.15, -0.1) is 0 Å². The third-order valence-corrected chi connectivity index (χ3v) is 17.2. The molecule has 5 aromatic rings. The summed E-state index contributed by atoms with van der Waals surface area (Å²) in [6.07, 6.45) is 4.16. The van der Waals surface area contributed by atoms with Crippen molar-refractivity contribution in [3.8, 4) is 23.0 Å². The lowest BCUT2D eigenvalue weighted by atomic mass is 9.87. The van der Waals surface area contributed by atoms with Crippen LogP contribution >= 0.6 is 0 Å². The van der Waals surface area contributed by atoms with Gasteiger partial charge in [-0.3, -0.25) is 38.4 Å². The predicted molar refractivity (Wildman–Crippen MR) is 355 cm³/mol. The Kier molecular flexibility index (Phi) is 26.2. The Hall–Kier alpha value is -9.90. The summed E-state index contributed by atoms with van der Waals surface area (Å²) >= 11 is 0. The number of hydrogen-bond acceptors (Lipinski definition) is 16. The Morgan fingerprint density at radius 2 is 1.28 bits per heavy atom. The van der Waals surface area contributed by atoms with Gasteiger partial charge in [-0.25, -0.2) is 9.59 Å². The number of carbonyl (C=O) groups is 10. The first kappa shape index (κ1) is 71.9. The Balaban J connectivity index is 1.10. The number of rotatable bonds is 12. The number of esters is 1. The summed E-state index contributed by atoms with van der Waals surface area (Å²) in [4.78, 5) is 147. The van der Waals surface area contributed by atoms with E-state index in [4.69, 9.17) is 28.4 Å². The lowest BCUT2D eigenvalue weighted by Crippen LogP contribution is -2.56. The van der Waals surface area contributed by atoms with Crippen LogP contribution in [0.15, 0.2) is 140 Å². The molecule has 3 heterocycles. The number of amides is 7. The number of morpholine rings is 1. The van der Waals surface area contributed by atoms with Gasteiger partial charge in [0.2, 0.25) is 29.4 Å². The second-order valence-corrected chi connectivity index (χ2v) is 24.9. The number of ketones is 2. The fourth-order valence-electron chi connectivity index (χ4n) is 11.7. The zero-order valence-electron chi connectivity index (χ0n) is 55.4. The number of hydrogen-bond donors (Lipinski definition) is 3. The Morgan fingerprint density at radius 1 is 0.625 bits per heavy atom. The molecule has 2 saturated heterocycles. The highest BCUT2D eigenvalue weighted by atomic mass is 16.6. The minimum absolute atomic E-state index is 0.0618. The van der Waals surface area contributed by atoms with Gasteiger partial charge in [-0.2, -0.15) is 0 Å². The number of methoxy groups -OCH3 is 2. The molecule has 7 amide bonds. The highest BCUT2D eigenvalue weighted by Gasteiger charge is 2.42. The average Bonchev–Trinajstić information content (AvgIpc) is 0.821. The van der Waals surface area contributed by atoms with Crippen LogP contribution in [0.5, 0.6) is 23.0 Å². The van der Waals surface area contributed by atoms with E-state index < -0.39 is 114 Å². The maximum atomic E-state index is 15.0. The van der Waals surface area contributed by atoms with Crippen LogP contribution in [0.25, 0.3) is 0 Å². The smallest absolute Gasteiger partial charge is 0.415 e. The maximum Gasteiger partial charge on any atom is 0.415 e. The molecule has 23 heteroatoms. The Labute approximate surface area is 560 Å². The molecule has 96 heavy (non-hydrogen) atoms. The van der Waals surface area contributed by atoms with Gasteiger partial charge in [0.05, 0.1) is 51.5 Å². The highest BCUT2D eigenvalue weighted by molar-refractivity contribution is 6.38. The summed E-state index contributed by atoms with van der Waals surface area (Å²) in [6, 6.07) is 32.8. The van der Waals surface area contributed by atoms with Crippen LogP contribution in [0.4, 0.5) is 4.79 Å². The Morgan fingerprint density at radius 3 is 1.98 bits per heavy atom. The van der Waals surface area contributed by atoms with E-state index in [1.165, 1.54) is 66.9 Å². The SMILES string of the molecule is COc1ccc(CC[C@H]2NC(=O)[C@@H]3CCCCN3C(=O)C(=O)C(C)(C)COC(=O)C=CCCN(C)C(=O)[C@@H](Cc3ccccc3)NC(=O)CN(C)C(=O)[C@@H](Cc3ccccc3)CC(=O)[C@H](Cc3ccc(OC(=O)N4CCOCC4)cc3)NC(=O)COc3cccc2c3)cc1OC. The topological polar surface area (TPSA) is 275 Å². The van der Waals surface area contributed by atoms with Crippen LogP contribution in [0.1, 0.15) is 86.2 Å². The number of aryl methyl sites for hydroxylation is 1. The van der Waals surface area contributed by atoms with Gasteiger partial charge in [0.1, 0.15) is 30.2 Å². The molecule has 510 valence electrons. The lowest BCUT2D eigenvalue weighted by molar-refractivity contribution is -0.157. The van der Waals surface area contributed by atoms with Crippen LogP contribution in [-0.4, -0.2) is 184 Å². The van der Waals surface area contributed by atoms with Crippen molar-refractivity contribution >= 4 is 59.1 Å². The number of Topliss-reactive ketones (excluding diaryl/α,β-unsaturated/α-hetero) is 2. The van der Waals surface area contributed by atoms with Gasteiger partial charge in [0.15, 0.2) is 23.9 Å². The number of nitrogens with one attached hydrogen (secondary N) is 3. The maximum absolute atomic E-state index is 15.0. The molecule has 2 bridgehead atoms. The molecule has 3 N–H and O–H groups in total. The van der Waals surface area contributed by atoms with Crippen LogP contribution in [0.2, 0.25) is 0 Å². The summed E-state index contributed by atoms with van der Waals surface area (Å²) in [6.45, 7) is 3.17. The highest BCUT2D eigenvalue weighted by Crippen LogP contribution is 2.32. The van der Waals surface area contributed by atoms with Gasteiger partial charge in [-0.1, -0.05) is 97.1 Å². The molecule has 0 unspecified atom stereocenters. The van der Waals surface area contributed by atoms with Crippen LogP contribution in [0.3, 0.4) is 0 Å². The second kappa shape index (κ2) is 35.0. The summed E-state index contributed by atoms with van der Waals surface area (Å²) < 4.78 is 33.8.